The first-order valence-electron chi connectivity index (χ1n) is 5.56. The van der Waals surface area contributed by atoms with Crippen molar-refractivity contribution in [2.45, 2.75) is 6.18 Å². The summed E-state index contributed by atoms with van der Waals surface area (Å²) in [6.45, 7) is 0. The van der Waals surface area contributed by atoms with Crippen molar-refractivity contribution in [3.05, 3.63) is 59.4 Å². The van der Waals surface area contributed by atoms with E-state index in [1.54, 1.807) is 12.1 Å². The molecule has 0 fully saturated rings. The van der Waals surface area contributed by atoms with E-state index in [0.29, 0.717) is 6.07 Å². The van der Waals surface area contributed by atoms with Gasteiger partial charge < -0.3 is 5.73 Å². The van der Waals surface area contributed by atoms with E-state index in [0.717, 1.165) is 12.1 Å². The summed E-state index contributed by atoms with van der Waals surface area (Å²) in [7, 11) is 0. The lowest BCUT2D eigenvalue weighted by Gasteiger charge is -2.11. The second kappa shape index (κ2) is 4.96. The first-order valence-corrected chi connectivity index (χ1v) is 5.56. The van der Waals surface area contributed by atoms with Crippen LogP contribution in [0.3, 0.4) is 0 Å². The fraction of sp³-hybridized carbons (Fsp3) is 0.0714. The fourth-order valence-corrected chi connectivity index (χ4v) is 1.86. The van der Waals surface area contributed by atoms with Gasteiger partial charge in [-0.3, -0.25) is 4.79 Å². The smallest absolute Gasteiger partial charge is 0.366 e. The quantitative estimate of drug-likeness (QED) is 0.841. The van der Waals surface area contributed by atoms with Gasteiger partial charge in [0, 0.05) is 5.56 Å². The SMILES string of the molecule is NC(=O)c1ccccc1-c1ccc(C(F)(F)F)c(F)c1. The molecule has 0 bridgehead atoms. The second-order valence-corrected chi connectivity index (χ2v) is 4.10. The van der Waals surface area contributed by atoms with Gasteiger partial charge in [-0.1, -0.05) is 24.3 Å². The number of rotatable bonds is 2. The third kappa shape index (κ3) is 2.64. The maximum absolute atomic E-state index is 13.5. The number of alkyl halides is 3. The average Bonchev–Trinajstić information content (AvgIpc) is 2.37. The molecule has 0 saturated carbocycles. The van der Waals surface area contributed by atoms with E-state index in [9.17, 15) is 22.4 Å². The Hall–Kier alpha value is -2.37. The minimum absolute atomic E-state index is 0.117. The predicted octanol–water partition coefficient (Wildman–Crippen LogP) is 3.61. The van der Waals surface area contributed by atoms with E-state index in [2.05, 4.69) is 0 Å². The van der Waals surface area contributed by atoms with Crippen molar-refractivity contribution in [1.29, 1.82) is 0 Å². The molecule has 0 aromatic heterocycles. The molecule has 0 aliphatic rings. The summed E-state index contributed by atoms with van der Waals surface area (Å²) < 4.78 is 51.0. The summed E-state index contributed by atoms with van der Waals surface area (Å²) in [6.07, 6.45) is -4.76. The van der Waals surface area contributed by atoms with E-state index < -0.39 is 23.5 Å². The molecule has 0 unspecified atom stereocenters. The Labute approximate surface area is 111 Å². The minimum atomic E-state index is -4.76. The Morgan fingerprint density at radius 1 is 1.05 bits per heavy atom. The van der Waals surface area contributed by atoms with Crippen LogP contribution in [0.15, 0.2) is 42.5 Å². The van der Waals surface area contributed by atoms with E-state index >= 15 is 0 Å². The van der Waals surface area contributed by atoms with Crippen molar-refractivity contribution in [3.63, 3.8) is 0 Å². The Morgan fingerprint density at radius 3 is 2.25 bits per heavy atom. The number of halogens is 4. The van der Waals surface area contributed by atoms with Crippen LogP contribution in [-0.4, -0.2) is 5.91 Å². The molecular weight excluding hydrogens is 274 g/mol. The highest BCUT2D eigenvalue weighted by molar-refractivity contribution is 5.99. The van der Waals surface area contributed by atoms with Crippen molar-refractivity contribution >= 4 is 5.91 Å². The molecule has 2 rings (SSSR count). The van der Waals surface area contributed by atoms with Crippen molar-refractivity contribution in [1.82, 2.24) is 0 Å². The number of amides is 1. The molecule has 0 aliphatic carbocycles. The molecule has 2 aromatic rings. The number of carbonyl (C=O) groups excluding carboxylic acids is 1. The molecule has 0 saturated heterocycles. The zero-order chi connectivity index (χ0) is 14.9. The number of carbonyl (C=O) groups is 1. The summed E-state index contributed by atoms with van der Waals surface area (Å²) in [4.78, 5) is 11.3. The van der Waals surface area contributed by atoms with Gasteiger partial charge in [0.2, 0.25) is 5.91 Å². The molecular formula is C14H9F4NO. The number of hydrogen-bond acceptors (Lipinski definition) is 1. The summed E-state index contributed by atoms with van der Waals surface area (Å²) in [6, 6.07) is 8.54. The molecule has 0 radical (unpaired) electrons. The first-order chi connectivity index (χ1) is 9.30. The zero-order valence-electron chi connectivity index (χ0n) is 10.0. The molecule has 0 atom stereocenters. The van der Waals surface area contributed by atoms with Gasteiger partial charge in [0.25, 0.3) is 0 Å². The van der Waals surface area contributed by atoms with Gasteiger partial charge in [-0.05, 0) is 29.3 Å². The van der Waals surface area contributed by atoms with Gasteiger partial charge in [0.15, 0.2) is 0 Å². The Morgan fingerprint density at radius 2 is 1.70 bits per heavy atom. The summed E-state index contributed by atoms with van der Waals surface area (Å²) in [5.41, 5.74) is 4.39. The van der Waals surface area contributed by atoms with Crippen LogP contribution in [0, 0.1) is 5.82 Å². The highest BCUT2D eigenvalue weighted by Gasteiger charge is 2.34. The Balaban J connectivity index is 2.56. The lowest BCUT2D eigenvalue weighted by molar-refractivity contribution is -0.139. The van der Waals surface area contributed by atoms with Crippen molar-refractivity contribution < 1.29 is 22.4 Å². The molecule has 6 heteroatoms. The summed E-state index contributed by atoms with van der Waals surface area (Å²) >= 11 is 0. The molecule has 104 valence electrons. The first kappa shape index (κ1) is 14.0. The molecule has 2 N–H and O–H groups in total. The Kier molecular flexibility index (Phi) is 3.48. The van der Waals surface area contributed by atoms with Crippen molar-refractivity contribution in [2.75, 3.05) is 0 Å². The van der Waals surface area contributed by atoms with E-state index in [4.69, 9.17) is 5.73 Å². The molecule has 0 heterocycles. The summed E-state index contributed by atoms with van der Waals surface area (Å²) in [5.74, 6) is -2.13. The maximum atomic E-state index is 13.5. The summed E-state index contributed by atoms with van der Waals surface area (Å²) in [5, 5.41) is 0. The van der Waals surface area contributed by atoms with Gasteiger partial charge >= 0.3 is 6.18 Å². The monoisotopic (exact) mass is 283 g/mol. The molecule has 2 nitrogen and oxygen atoms in total. The van der Waals surface area contributed by atoms with Gasteiger partial charge in [0.05, 0.1) is 5.56 Å². The molecule has 1 amide bonds. The van der Waals surface area contributed by atoms with Gasteiger partial charge in [-0.25, -0.2) is 4.39 Å². The largest absolute Gasteiger partial charge is 0.419 e. The standard InChI is InChI=1S/C14H9F4NO/c15-12-7-8(5-6-11(12)14(16,17)18)9-3-1-2-4-10(9)13(19)20/h1-7H,(H2,19,20). The van der Waals surface area contributed by atoms with E-state index in [1.165, 1.54) is 12.1 Å². The molecule has 2 aromatic carbocycles. The highest BCUT2D eigenvalue weighted by Crippen LogP contribution is 2.34. The zero-order valence-corrected chi connectivity index (χ0v) is 10.0. The number of nitrogens with two attached hydrogens (primary N) is 1. The normalized spacial score (nSPS) is 11.4. The van der Waals surface area contributed by atoms with Gasteiger partial charge in [0.1, 0.15) is 5.82 Å². The molecule has 0 spiro atoms. The van der Waals surface area contributed by atoms with Crippen molar-refractivity contribution in [2.24, 2.45) is 5.73 Å². The van der Waals surface area contributed by atoms with Crippen LogP contribution in [-0.2, 0) is 6.18 Å². The van der Waals surface area contributed by atoms with E-state index in [1.807, 2.05) is 0 Å². The fourth-order valence-electron chi connectivity index (χ4n) is 1.86. The van der Waals surface area contributed by atoms with Crippen LogP contribution in [0.1, 0.15) is 15.9 Å². The number of primary amides is 1. The average molecular weight is 283 g/mol. The van der Waals surface area contributed by atoms with Crippen LogP contribution in [0.2, 0.25) is 0 Å². The minimum Gasteiger partial charge on any atom is -0.366 e. The lowest BCUT2D eigenvalue weighted by Crippen LogP contribution is -2.12. The molecule has 20 heavy (non-hydrogen) atoms. The third-order valence-corrected chi connectivity index (χ3v) is 2.78. The van der Waals surface area contributed by atoms with Crippen LogP contribution in [0.4, 0.5) is 17.6 Å². The third-order valence-electron chi connectivity index (χ3n) is 2.78. The maximum Gasteiger partial charge on any atom is 0.419 e. The topological polar surface area (TPSA) is 43.1 Å². The lowest BCUT2D eigenvalue weighted by atomic mass is 9.98. The number of benzene rings is 2. The van der Waals surface area contributed by atoms with Crippen LogP contribution in [0.5, 0.6) is 0 Å². The van der Waals surface area contributed by atoms with Crippen LogP contribution >= 0.6 is 0 Å². The predicted molar refractivity (Wildman–Crippen MR) is 65.4 cm³/mol. The second-order valence-electron chi connectivity index (χ2n) is 4.10. The molecule has 0 aliphatic heterocycles. The van der Waals surface area contributed by atoms with Crippen LogP contribution < -0.4 is 5.73 Å². The van der Waals surface area contributed by atoms with Gasteiger partial charge in [-0.15, -0.1) is 0 Å². The number of hydrogen-bond donors (Lipinski definition) is 1. The highest BCUT2D eigenvalue weighted by atomic mass is 19.4. The van der Waals surface area contributed by atoms with Crippen LogP contribution in [0.25, 0.3) is 11.1 Å². The van der Waals surface area contributed by atoms with Gasteiger partial charge in [-0.2, -0.15) is 13.2 Å². The van der Waals surface area contributed by atoms with Crippen molar-refractivity contribution in [3.8, 4) is 11.1 Å². The Bertz CT molecular complexity index is 664. The van der Waals surface area contributed by atoms with E-state index in [-0.39, 0.29) is 16.7 Å².